The van der Waals surface area contributed by atoms with Crippen LogP contribution in [-0.4, -0.2) is 0 Å². The molecule has 0 nitrogen and oxygen atoms in total. The molecule has 0 aliphatic rings. The zero-order chi connectivity index (χ0) is 11.6. The van der Waals surface area contributed by atoms with Crippen LogP contribution in [0.4, 0.5) is 13.2 Å². The van der Waals surface area contributed by atoms with Crippen LogP contribution in [0.3, 0.4) is 0 Å². The highest BCUT2D eigenvalue weighted by Gasteiger charge is 2.33. The minimum Gasteiger partial charge on any atom is -0.166 e. The molecule has 0 N–H and O–H groups in total. The average Bonchev–Trinajstić information content (AvgIpc) is 2.15. The molecule has 0 aromatic heterocycles. The smallest absolute Gasteiger partial charge is 0.166 e. The molecule has 0 radical (unpaired) electrons. The first-order valence-electron chi connectivity index (χ1n) is 4.36. The molecule has 0 heterocycles. The minimum atomic E-state index is -4.40. The maximum atomic E-state index is 12.5. The monoisotopic (exact) mass is 234 g/mol. The van der Waals surface area contributed by atoms with Crippen molar-refractivity contribution in [1.29, 1.82) is 0 Å². The quantitative estimate of drug-likeness (QED) is 0.656. The maximum absolute atomic E-state index is 12.5. The lowest BCUT2D eigenvalue weighted by atomic mass is 10.0. The van der Waals surface area contributed by atoms with Gasteiger partial charge in [-0.15, -0.1) is 0 Å². The molecule has 15 heavy (non-hydrogen) atoms. The third kappa shape index (κ3) is 2.75. The van der Waals surface area contributed by atoms with Crippen molar-refractivity contribution in [2.75, 3.05) is 0 Å². The Morgan fingerprint density at radius 2 is 1.93 bits per heavy atom. The molecule has 0 saturated carbocycles. The predicted molar refractivity (Wildman–Crippen MR) is 55.8 cm³/mol. The van der Waals surface area contributed by atoms with Crippen LogP contribution in [-0.2, 0) is 6.18 Å². The molecule has 1 aromatic rings. The van der Waals surface area contributed by atoms with Crippen molar-refractivity contribution >= 4 is 17.2 Å². The van der Waals surface area contributed by atoms with Gasteiger partial charge in [0, 0.05) is 0 Å². The standard InChI is InChI=1S/C11H10ClF3/c1-3-7(2)8-4-5-10(12)9(6-8)11(13,14)15/h3-6H,1-2H3/b7-3-. The summed E-state index contributed by atoms with van der Waals surface area (Å²) in [5.74, 6) is 0. The highest BCUT2D eigenvalue weighted by molar-refractivity contribution is 6.31. The summed E-state index contributed by atoms with van der Waals surface area (Å²) in [6, 6.07) is 3.91. The van der Waals surface area contributed by atoms with Gasteiger partial charge in [-0.3, -0.25) is 0 Å². The second kappa shape index (κ2) is 4.27. The number of halogens is 4. The van der Waals surface area contributed by atoms with Crippen molar-refractivity contribution < 1.29 is 13.2 Å². The van der Waals surface area contributed by atoms with Gasteiger partial charge in [0.2, 0.25) is 0 Å². The molecular weight excluding hydrogens is 225 g/mol. The number of hydrogen-bond acceptors (Lipinski definition) is 0. The first-order valence-corrected chi connectivity index (χ1v) is 4.74. The van der Waals surface area contributed by atoms with E-state index in [2.05, 4.69) is 0 Å². The molecule has 1 aromatic carbocycles. The number of benzene rings is 1. The van der Waals surface area contributed by atoms with Crippen molar-refractivity contribution in [3.63, 3.8) is 0 Å². The lowest BCUT2D eigenvalue weighted by Gasteiger charge is -2.11. The summed E-state index contributed by atoms with van der Waals surface area (Å²) in [6.45, 7) is 3.53. The van der Waals surface area contributed by atoms with E-state index in [0.29, 0.717) is 5.56 Å². The van der Waals surface area contributed by atoms with Crippen molar-refractivity contribution in [3.05, 3.63) is 40.4 Å². The van der Waals surface area contributed by atoms with Gasteiger partial charge in [-0.1, -0.05) is 23.7 Å². The molecule has 0 bridgehead atoms. The van der Waals surface area contributed by atoms with E-state index in [4.69, 9.17) is 11.6 Å². The van der Waals surface area contributed by atoms with E-state index in [9.17, 15) is 13.2 Å². The largest absolute Gasteiger partial charge is 0.417 e. The summed E-state index contributed by atoms with van der Waals surface area (Å²) in [7, 11) is 0. The topological polar surface area (TPSA) is 0 Å². The Hall–Kier alpha value is -0.960. The van der Waals surface area contributed by atoms with Gasteiger partial charge < -0.3 is 0 Å². The van der Waals surface area contributed by atoms with Crippen LogP contribution in [0.25, 0.3) is 5.57 Å². The SMILES string of the molecule is C/C=C(/C)c1ccc(Cl)c(C(F)(F)F)c1. The van der Waals surface area contributed by atoms with Crippen LogP contribution < -0.4 is 0 Å². The van der Waals surface area contributed by atoms with Crippen LogP contribution in [0.2, 0.25) is 5.02 Å². The minimum absolute atomic E-state index is 0.268. The van der Waals surface area contributed by atoms with Crippen molar-refractivity contribution in [3.8, 4) is 0 Å². The van der Waals surface area contributed by atoms with Crippen LogP contribution >= 0.6 is 11.6 Å². The molecule has 0 aliphatic carbocycles. The zero-order valence-electron chi connectivity index (χ0n) is 8.32. The van der Waals surface area contributed by atoms with E-state index >= 15 is 0 Å². The van der Waals surface area contributed by atoms with Gasteiger partial charge >= 0.3 is 6.18 Å². The molecule has 0 unspecified atom stereocenters. The number of rotatable bonds is 1. The molecule has 4 heteroatoms. The molecular formula is C11H10ClF3. The molecule has 0 aliphatic heterocycles. The molecule has 0 atom stereocenters. The highest BCUT2D eigenvalue weighted by atomic mass is 35.5. The summed E-state index contributed by atoms with van der Waals surface area (Å²) in [5.41, 5.74) is 0.536. The zero-order valence-corrected chi connectivity index (χ0v) is 9.08. The van der Waals surface area contributed by atoms with Crippen LogP contribution in [0.1, 0.15) is 25.0 Å². The number of alkyl halides is 3. The number of allylic oxidation sites excluding steroid dienone is 2. The second-order valence-corrected chi connectivity index (χ2v) is 3.57. The van der Waals surface area contributed by atoms with E-state index in [0.717, 1.165) is 11.6 Å². The first-order chi connectivity index (χ1) is 6.86. The van der Waals surface area contributed by atoms with Crippen LogP contribution in [0.5, 0.6) is 0 Å². The molecule has 0 fully saturated rings. The maximum Gasteiger partial charge on any atom is 0.417 e. The molecule has 0 saturated heterocycles. The van der Waals surface area contributed by atoms with E-state index in [1.807, 2.05) is 0 Å². The lowest BCUT2D eigenvalue weighted by Crippen LogP contribution is -2.06. The lowest BCUT2D eigenvalue weighted by molar-refractivity contribution is -0.137. The Morgan fingerprint density at radius 3 is 2.40 bits per heavy atom. The summed E-state index contributed by atoms with van der Waals surface area (Å²) in [6.07, 6.45) is -2.65. The third-order valence-electron chi connectivity index (χ3n) is 2.16. The van der Waals surface area contributed by atoms with Crippen molar-refractivity contribution in [2.45, 2.75) is 20.0 Å². The molecule has 0 amide bonds. The van der Waals surface area contributed by atoms with Gasteiger partial charge in [-0.2, -0.15) is 13.2 Å². The predicted octanol–water partition coefficient (Wildman–Crippen LogP) is 4.78. The van der Waals surface area contributed by atoms with Gasteiger partial charge in [-0.25, -0.2) is 0 Å². The van der Waals surface area contributed by atoms with E-state index in [-0.39, 0.29) is 5.02 Å². The van der Waals surface area contributed by atoms with Crippen LogP contribution in [0, 0.1) is 0 Å². The Balaban J connectivity index is 3.29. The molecule has 1 rings (SSSR count). The fourth-order valence-corrected chi connectivity index (χ4v) is 1.38. The fraction of sp³-hybridized carbons (Fsp3) is 0.273. The highest BCUT2D eigenvalue weighted by Crippen LogP contribution is 2.36. The summed E-state index contributed by atoms with van der Waals surface area (Å²) in [4.78, 5) is 0. The van der Waals surface area contributed by atoms with Gasteiger partial charge in [0.15, 0.2) is 0 Å². The Labute approximate surface area is 91.4 Å². The van der Waals surface area contributed by atoms with E-state index < -0.39 is 11.7 Å². The van der Waals surface area contributed by atoms with E-state index in [1.165, 1.54) is 6.07 Å². The van der Waals surface area contributed by atoms with Crippen molar-refractivity contribution in [1.82, 2.24) is 0 Å². The molecule has 82 valence electrons. The number of hydrogen-bond donors (Lipinski definition) is 0. The van der Waals surface area contributed by atoms with Crippen molar-refractivity contribution in [2.24, 2.45) is 0 Å². The average molecular weight is 235 g/mol. The van der Waals surface area contributed by atoms with E-state index in [1.54, 1.807) is 26.0 Å². The summed E-state index contributed by atoms with van der Waals surface area (Å²) in [5, 5.41) is -0.268. The normalized spacial score (nSPS) is 13.1. The Kier molecular flexibility index (Phi) is 3.45. The summed E-state index contributed by atoms with van der Waals surface area (Å²) >= 11 is 5.49. The van der Waals surface area contributed by atoms with Crippen LogP contribution in [0.15, 0.2) is 24.3 Å². The fourth-order valence-electron chi connectivity index (χ4n) is 1.15. The van der Waals surface area contributed by atoms with Gasteiger partial charge in [-0.05, 0) is 37.1 Å². The Bertz CT molecular complexity index is 391. The van der Waals surface area contributed by atoms with Gasteiger partial charge in [0.05, 0.1) is 10.6 Å². The van der Waals surface area contributed by atoms with Gasteiger partial charge in [0.25, 0.3) is 0 Å². The Morgan fingerprint density at radius 1 is 1.33 bits per heavy atom. The van der Waals surface area contributed by atoms with Gasteiger partial charge in [0.1, 0.15) is 0 Å². The second-order valence-electron chi connectivity index (χ2n) is 3.16. The summed E-state index contributed by atoms with van der Waals surface area (Å²) < 4.78 is 37.5. The third-order valence-corrected chi connectivity index (χ3v) is 2.49. The first kappa shape index (κ1) is 12.1. The molecule has 0 spiro atoms.